The van der Waals surface area contributed by atoms with Crippen LogP contribution in [-0.4, -0.2) is 36.2 Å². The van der Waals surface area contributed by atoms with Crippen molar-refractivity contribution in [1.82, 2.24) is 15.6 Å². The minimum Gasteiger partial charge on any atom is -0.352 e. The fourth-order valence-corrected chi connectivity index (χ4v) is 2.29. The molecule has 3 N–H and O–H groups in total. The van der Waals surface area contributed by atoms with Gasteiger partial charge < -0.3 is 15.6 Å². The van der Waals surface area contributed by atoms with Gasteiger partial charge in [0.15, 0.2) is 0 Å². The van der Waals surface area contributed by atoms with E-state index in [4.69, 9.17) is 16.9 Å². The van der Waals surface area contributed by atoms with E-state index < -0.39 is 18.1 Å². The summed E-state index contributed by atoms with van der Waals surface area (Å²) in [6.07, 6.45) is -0.614. The molecule has 1 aliphatic rings. The first-order valence-electron chi connectivity index (χ1n) is 5.98. The van der Waals surface area contributed by atoms with Crippen LogP contribution >= 0.6 is 24.0 Å². The van der Waals surface area contributed by atoms with Crippen molar-refractivity contribution in [3.8, 4) is 6.07 Å². The Hall–Kier alpha value is -1.29. The standard InChI is InChI=1S/C12H14ClFN4O.ClH/c1-6-10(13)7(4-15)11(17-6)12(19)18-9-2-3-16-5-8(9)14;/h8-9,16-17H,2-3,5H2,1H3,(H,18,19);1H/t8-,9-;/m1./s1. The zero-order valence-electron chi connectivity index (χ0n) is 10.8. The van der Waals surface area contributed by atoms with Crippen molar-refractivity contribution in [3.05, 3.63) is 22.0 Å². The number of rotatable bonds is 2. The summed E-state index contributed by atoms with van der Waals surface area (Å²) >= 11 is 5.91. The highest BCUT2D eigenvalue weighted by Gasteiger charge is 2.28. The van der Waals surface area contributed by atoms with Crippen LogP contribution in [0.1, 0.15) is 28.2 Å². The third kappa shape index (κ3) is 3.23. The van der Waals surface area contributed by atoms with Crippen LogP contribution < -0.4 is 10.6 Å². The van der Waals surface area contributed by atoms with Gasteiger partial charge in [-0.3, -0.25) is 4.79 Å². The summed E-state index contributed by atoms with van der Waals surface area (Å²) in [5.74, 6) is -0.499. The topological polar surface area (TPSA) is 80.7 Å². The second-order valence-corrected chi connectivity index (χ2v) is 4.89. The number of carbonyl (C=O) groups is 1. The first-order chi connectivity index (χ1) is 9.04. The zero-order valence-corrected chi connectivity index (χ0v) is 12.4. The van der Waals surface area contributed by atoms with E-state index in [2.05, 4.69) is 15.6 Å². The van der Waals surface area contributed by atoms with Gasteiger partial charge in [-0.2, -0.15) is 5.26 Å². The lowest BCUT2D eigenvalue weighted by molar-refractivity contribution is 0.0887. The fraction of sp³-hybridized carbons (Fsp3) is 0.500. The van der Waals surface area contributed by atoms with Crippen molar-refractivity contribution in [2.75, 3.05) is 13.1 Å². The molecule has 0 spiro atoms. The van der Waals surface area contributed by atoms with Gasteiger partial charge in [-0.25, -0.2) is 4.39 Å². The number of halogens is 3. The number of aromatic amines is 1. The van der Waals surface area contributed by atoms with Gasteiger partial charge in [0.25, 0.3) is 5.91 Å². The van der Waals surface area contributed by atoms with Gasteiger partial charge in [0.1, 0.15) is 23.5 Å². The van der Waals surface area contributed by atoms with Crippen LogP contribution in [0.15, 0.2) is 0 Å². The summed E-state index contributed by atoms with van der Waals surface area (Å²) < 4.78 is 13.6. The molecular weight excluding hydrogens is 306 g/mol. The largest absolute Gasteiger partial charge is 0.352 e. The van der Waals surface area contributed by atoms with Gasteiger partial charge in [-0.05, 0) is 19.9 Å². The van der Waals surface area contributed by atoms with Gasteiger partial charge in [-0.1, -0.05) is 11.6 Å². The zero-order chi connectivity index (χ0) is 14.0. The quantitative estimate of drug-likeness (QED) is 0.775. The molecule has 5 nitrogen and oxygen atoms in total. The Labute approximate surface area is 127 Å². The Morgan fingerprint density at radius 1 is 1.60 bits per heavy atom. The molecule has 1 saturated heterocycles. The smallest absolute Gasteiger partial charge is 0.269 e. The van der Waals surface area contributed by atoms with E-state index in [1.807, 2.05) is 6.07 Å². The van der Waals surface area contributed by atoms with Crippen LogP contribution in [-0.2, 0) is 0 Å². The van der Waals surface area contributed by atoms with E-state index in [1.165, 1.54) is 0 Å². The maximum Gasteiger partial charge on any atom is 0.269 e. The van der Waals surface area contributed by atoms with Crippen molar-refractivity contribution < 1.29 is 9.18 Å². The monoisotopic (exact) mass is 320 g/mol. The van der Waals surface area contributed by atoms with Crippen LogP contribution in [0, 0.1) is 18.3 Å². The van der Waals surface area contributed by atoms with Crippen LogP contribution in [0.3, 0.4) is 0 Å². The number of alkyl halides is 1. The number of H-pyrrole nitrogens is 1. The molecule has 1 aromatic rings. The van der Waals surface area contributed by atoms with Crippen LogP contribution in [0.2, 0.25) is 5.02 Å². The third-order valence-electron chi connectivity index (χ3n) is 3.17. The van der Waals surface area contributed by atoms with Gasteiger partial charge in [0, 0.05) is 12.2 Å². The highest BCUT2D eigenvalue weighted by molar-refractivity contribution is 6.33. The molecule has 110 valence electrons. The molecule has 1 aliphatic heterocycles. The van der Waals surface area contributed by atoms with Crippen LogP contribution in [0.4, 0.5) is 4.39 Å². The second-order valence-electron chi connectivity index (χ2n) is 4.51. The van der Waals surface area contributed by atoms with Gasteiger partial charge in [-0.15, -0.1) is 12.4 Å². The molecule has 1 aromatic heterocycles. The predicted octanol–water partition coefficient (Wildman–Crippen LogP) is 1.70. The Morgan fingerprint density at radius 3 is 2.90 bits per heavy atom. The molecule has 0 aromatic carbocycles. The molecule has 0 bridgehead atoms. The van der Waals surface area contributed by atoms with Crippen LogP contribution in [0.5, 0.6) is 0 Å². The average Bonchev–Trinajstić information content (AvgIpc) is 2.68. The number of aryl methyl sites for hydroxylation is 1. The average molecular weight is 321 g/mol. The lowest BCUT2D eigenvalue weighted by Crippen LogP contribution is -2.51. The fourth-order valence-electron chi connectivity index (χ4n) is 2.10. The molecule has 20 heavy (non-hydrogen) atoms. The number of carbonyl (C=O) groups excluding carboxylic acids is 1. The van der Waals surface area contributed by atoms with E-state index in [9.17, 15) is 9.18 Å². The molecular formula is C12H15Cl2FN4O. The van der Waals surface area contributed by atoms with Crippen molar-refractivity contribution in [2.45, 2.75) is 25.6 Å². The molecule has 8 heteroatoms. The Balaban J connectivity index is 0.00000200. The number of aromatic nitrogens is 1. The van der Waals surface area contributed by atoms with Gasteiger partial charge >= 0.3 is 0 Å². The van der Waals surface area contributed by atoms with Crippen LogP contribution in [0.25, 0.3) is 0 Å². The number of nitrogens with zero attached hydrogens (tertiary/aromatic N) is 1. The highest BCUT2D eigenvalue weighted by atomic mass is 35.5. The van der Waals surface area contributed by atoms with Crippen molar-refractivity contribution >= 4 is 29.9 Å². The predicted molar refractivity (Wildman–Crippen MR) is 76.1 cm³/mol. The van der Waals surface area contributed by atoms with E-state index in [1.54, 1.807) is 6.92 Å². The van der Waals surface area contributed by atoms with E-state index in [0.29, 0.717) is 18.7 Å². The number of nitrogens with one attached hydrogen (secondary N) is 3. The van der Waals surface area contributed by atoms with Gasteiger partial charge in [0.05, 0.1) is 11.1 Å². The third-order valence-corrected chi connectivity index (χ3v) is 3.65. The summed E-state index contributed by atoms with van der Waals surface area (Å²) in [7, 11) is 0. The SMILES string of the molecule is Cc1[nH]c(C(=O)N[C@@H]2CCNC[C@H]2F)c(C#N)c1Cl.Cl. The molecule has 2 rings (SSSR count). The summed E-state index contributed by atoms with van der Waals surface area (Å²) in [6, 6.07) is 1.34. The van der Waals surface area contributed by atoms with E-state index >= 15 is 0 Å². The number of hydrogen-bond donors (Lipinski definition) is 3. The molecule has 0 aliphatic carbocycles. The molecule has 0 saturated carbocycles. The molecule has 1 fully saturated rings. The molecule has 2 heterocycles. The van der Waals surface area contributed by atoms with Crippen molar-refractivity contribution in [1.29, 1.82) is 5.26 Å². The van der Waals surface area contributed by atoms with E-state index in [0.717, 1.165) is 0 Å². The maximum atomic E-state index is 13.6. The minimum absolute atomic E-state index is 0. The Morgan fingerprint density at radius 2 is 2.30 bits per heavy atom. The lowest BCUT2D eigenvalue weighted by Gasteiger charge is -2.27. The normalized spacial score (nSPS) is 21.7. The first kappa shape index (κ1) is 16.8. The van der Waals surface area contributed by atoms with E-state index in [-0.39, 0.29) is 35.2 Å². The molecule has 1 amide bonds. The number of amides is 1. The summed E-state index contributed by atoms with van der Waals surface area (Å²) in [5.41, 5.74) is 0.738. The second kappa shape index (κ2) is 6.93. The number of hydrogen-bond acceptors (Lipinski definition) is 3. The molecule has 0 unspecified atom stereocenters. The Bertz CT molecular complexity index is 540. The molecule has 2 atom stereocenters. The lowest BCUT2D eigenvalue weighted by atomic mass is 10.0. The summed E-state index contributed by atoms with van der Waals surface area (Å²) in [5, 5.41) is 14.7. The van der Waals surface area contributed by atoms with Crippen molar-refractivity contribution in [2.24, 2.45) is 0 Å². The summed E-state index contributed by atoms with van der Waals surface area (Å²) in [4.78, 5) is 14.8. The van der Waals surface area contributed by atoms with Crippen molar-refractivity contribution in [3.63, 3.8) is 0 Å². The number of piperidine rings is 1. The minimum atomic E-state index is -1.13. The Kier molecular flexibility index (Phi) is 5.81. The maximum absolute atomic E-state index is 13.6. The highest BCUT2D eigenvalue weighted by Crippen LogP contribution is 2.23. The summed E-state index contributed by atoms with van der Waals surface area (Å²) in [6.45, 7) is 2.55. The van der Waals surface area contributed by atoms with Gasteiger partial charge in [0.2, 0.25) is 0 Å². The molecule has 0 radical (unpaired) electrons. The number of nitriles is 1. The first-order valence-corrected chi connectivity index (χ1v) is 6.36.